The van der Waals surface area contributed by atoms with Crippen molar-refractivity contribution in [3.8, 4) is 0 Å². The van der Waals surface area contributed by atoms with Crippen LogP contribution in [0, 0.1) is 0 Å². The molecule has 1 aliphatic rings. The maximum Gasteiger partial charge on any atom is 0.307 e. The predicted molar refractivity (Wildman–Crippen MR) is 71.3 cm³/mol. The van der Waals surface area contributed by atoms with Gasteiger partial charge in [0.15, 0.2) is 0 Å². The van der Waals surface area contributed by atoms with Gasteiger partial charge in [-0.3, -0.25) is 4.79 Å². The summed E-state index contributed by atoms with van der Waals surface area (Å²) in [6.45, 7) is 3.70. The average Bonchev–Trinajstić information content (AvgIpc) is 2.34. The van der Waals surface area contributed by atoms with Crippen molar-refractivity contribution < 1.29 is 14.3 Å². The minimum atomic E-state index is -0.321. The molecular weight excluding hydrogens is 230 g/mol. The number of ether oxygens (including phenoxy) is 2. The normalized spacial score (nSPS) is 18.6. The Balaban J connectivity index is 2.06. The summed E-state index contributed by atoms with van der Waals surface area (Å²) in [7, 11) is 0. The summed E-state index contributed by atoms with van der Waals surface area (Å²) < 4.78 is 10.5. The second-order valence-electron chi connectivity index (χ2n) is 5.29. The fourth-order valence-electron chi connectivity index (χ4n) is 2.33. The second-order valence-corrected chi connectivity index (χ2v) is 5.29. The minimum Gasteiger partial charge on any atom is -0.463 e. The van der Waals surface area contributed by atoms with Crippen molar-refractivity contribution in [3.05, 3.63) is 0 Å². The summed E-state index contributed by atoms with van der Waals surface area (Å²) in [6, 6.07) is 0. The third-order valence-electron chi connectivity index (χ3n) is 3.48. The molecule has 4 nitrogen and oxygen atoms in total. The first-order valence-corrected chi connectivity index (χ1v) is 7.18. The van der Waals surface area contributed by atoms with Crippen molar-refractivity contribution >= 4 is 5.97 Å². The molecule has 106 valence electrons. The molecule has 0 atom stereocenters. The molecule has 0 amide bonds. The van der Waals surface area contributed by atoms with E-state index in [9.17, 15) is 4.79 Å². The molecule has 4 heteroatoms. The van der Waals surface area contributed by atoms with Crippen LogP contribution in [0.5, 0.6) is 0 Å². The van der Waals surface area contributed by atoms with Crippen LogP contribution < -0.4 is 5.73 Å². The third-order valence-corrected chi connectivity index (χ3v) is 3.48. The van der Waals surface area contributed by atoms with Crippen molar-refractivity contribution in [3.63, 3.8) is 0 Å². The Hall–Kier alpha value is -0.610. The van der Waals surface area contributed by atoms with E-state index in [0.717, 1.165) is 45.1 Å². The lowest BCUT2D eigenvalue weighted by Crippen LogP contribution is -2.44. The van der Waals surface area contributed by atoms with Crippen molar-refractivity contribution in [1.82, 2.24) is 0 Å². The van der Waals surface area contributed by atoms with Crippen LogP contribution in [0.2, 0.25) is 0 Å². The highest BCUT2D eigenvalue weighted by Crippen LogP contribution is 2.28. The highest BCUT2D eigenvalue weighted by atomic mass is 16.6. The zero-order valence-corrected chi connectivity index (χ0v) is 11.6. The lowest BCUT2D eigenvalue weighted by atomic mass is 9.80. The number of hydrogen-bond donors (Lipinski definition) is 1. The quantitative estimate of drug-likeness (QED) is 0.536. The average molecular weight is 257 g/mol. The Bertz CT molecular complexity index is 237. The van der Waals surface area contributed by atoms with Gasteiger partial charge in [-0.25, -0.2) is 0 Å². The van der Waals surface area contributed by atoms with Crippen LogP contribution in [0.3, 0.4) is 0 Å². The predicted octanol–water partition coefficient (Wildman–Crippen LogP) is 2.40. The van der Waals surface area contributed by atoms with Crippen molar-refractivity contribution in [2.45, 2.75) is 63.8 Å². The molecular formula is C14H27NO3. The van der Waals surface area contributed by atoms with Gasteiger partial charge in [-0.15, -0.1) is 0 Å². The Morgan fingerprint density at radius 2 is 1.89 bits per heavy atom. The molecule has 1 aliphatic carbocycles. The molecule has 1 saturated carbocycles. The maximum atomic E-state index is 11.6. The van der Waals surface area contributed by atoms with E-state index in [-0.39, 0.29) is 11.5 Å². The van der Waals surface area contributed by atoms with E-state index in [1.54, 1.807) is 0 Å². The minimum absolute atomic E-state index is 0.182. The Morgan fingerprint density at radius 1 is 1.17 bits per heavy atom. The van der Waals surface area contributed by atoms with Gasteiger partial charge in [0.05, 0.1) is 13.0 Å². The zero-order chi connectivity index (χ0) is 13.3. The summed E-state index contributed by atoms with van der Waals surface area (Å²) >= 11 is 0. The number of hydrogen-bond acceptors (Lipinski definition) is 4. The molecule has 18 heavy (non-hydrogen) atoms. The van der Waals surface area contributed by atoms with Gasteiger partial charge in [-0.05, 0) is 19.3 Å². The summed E-state index contributed by atoms with van der Waals surface area (Å²) in [4.78, 5) is 11.6. The second kappa shape index (κ2) is 8.48. The molecule has 0 spiro atoms. The number of esters is 1. The molecule has 0 aliphatic heterocycles. The van der Waals surface area contributed by atoms with E-state index in [1.807, 2.05) is 0 Å². The van der Waals surface area contributed by atoms with Gasteiger partial charge >= 0.3 is 5.97 Å². The Morgan fingerprint density at radius 3 is 2.56 bits per heavy atom. The number of unbranched alkanes of at least 4 members (excludes halogenated alkanes) is 1. The van der Waals surface area contributed by atoms with Gasteiger partial charge in [0.1, 0.15) is 6.61 Å². The van der Waals surface area contributed by atoms with Gasteiger partial charge in [-0.2, -0.15) is 0 Å². The highest BCUT2D eigenvalue weighted by molar-refractivity contribution is 5.70. The lowest BCUT2D eigenvalue weighted by Gasteiger charge is -2.32. The number of carbonyl (C=O) groups excluding carboxylic acids is 1. The fraction of sp³-hybridized carbons (Fsp3) is 0.929. The molecule has 0 aromatic heterocycles. The van der Waals surface area contributed by atoms with Crippen LogP contribution in [0.25, 0.3) is 0 Å². The number of nitrogens with two attached hydrogens (primary N) is 1. The largest absolute Gasteiger partial charge is 0.463 e. The molecule has 0 radical (unpaired) electrons. The van der Waals surface area contributed by atoms with E-state index in [1.165, 1.54) is 6.42 Å². The molecule has 0 saturated heterocycles. The highest BCUT2D eigenvalue weighted by Gasteiger charge is 2.30. The summed E-state index contributed by atoms with van der Waals surface area (Å²) in [5.41, 5.74) is 5.88. The van der Waals surface area contributed by atoms with Crippen LogP contribution in [0.1, 0.15) is 58.3 Å². The SMILES string of the molecule is CCCCOCCOC(=O)CC1(N)CCCCC1. The first-order valence-electron chi connectivity index (χ1n) is 7.18. The first kappa shape index (κ1) is 15.4. The van der Waals surface area contributed by atoms with E-state index < -0.39 is 0 Å². The Kier molecular flexibility index (Phi) is 7.28. The van der Waals surface area contributed by atoms with Crippen LogP contribution in [0.15, 0.2) is 0 Å². The van der Waals surface area contributed by atoms with Gasteiger partial charge in [0, 0.05) is 12.1 Å². The van der Waals surface area contributed by atoms with E-state index in [4.69, 9.17) is 15.2 Å². The molecule has 1 rings (SSSR count). The van der Waals surface area contributed by atoms with Crippen LogP contribution in [0.4, 0.5) is 0 Å². The van der Waals surface area contributed by atoms with Crippen molar-refractivity contribution in [1.29, 1.82) is 0 Å². The van der Waals surface area contributed by atoms with E-state index in [0.29, 0.717) is 19.6 Å². The Labute approximate surface area is 110 Å². The van der Waals surface area contributed by atoms with Crippen LogP contribution in [-0.2, 0) is 14.3 Å². The third kappa shape index (κ3) is 6.36. The number of rotatable bonds is 8. The van der Waals surface area contributed by atoms with Crippen molar-refractivity contribution in [2.75, 3.05) is 19.8 Å². The fourth-order valence-corrected chi connectivity index (χ4v) is 2.33. The first-order chi connectivity index (χ1) is 8.66. The monoisotopic (exact) mass is 257 g/mol. The van der Waals surface area contributed by atoms with Gasteiger partial charge in [0.25, 0.3) is 0 Å². The van der Waals surface area contributed by atoms with Crippen molar-refractivity contribution in [2.24, 2.45) is 5.73 Å². The summed E-state index contributed by atoms with van der Waals surface area (Å²) in [6.07, 6.45) is 7.90. The van der Waals surface area contributed by atoms with Gasteiger partial charge < -0.3 is 15.2 Å². The molecule has 0 bridgehead atoms. The maximum absolute atomic E-state index is 11.6. The topological polar surface area (TPSA) is 61.5 Å². The zero-order valence-electron chi connectivity index (χ0n) is 11.6. The van der Waals surface area contributed by atoms with Crippen LogP contribution >= 0.6 is 0 Å². The summed E-state index contributed by atoms with van der Waals surface area (Å²) in [5, 5.41) is 0. The van der Waals surface area contributed by atoms with E-state index in [2.05, 4.69) is 6.92 Å². The lowest BCUT2D eigenvalue weighted by molar-refractivity contribution is -0.147. The molecule has 2 N–H and O–H groups in total. The molecule has 0 heterocycles. The molecule has 0 unspecified atom stereocenters. The molecule has 1 fully saturated rings. The number of carbonyl (C=O) groups is 1. The van der Waals surface area contributed by atoms with Gasteiger partial charge in [-0.1, -0.05) is 32.6 Å². The smallest absolute Gasteiger partial charge is 0.307 e. The summed E-state index contributed by atoms with van der Waals surface area (Å²) in [5.74, 6) is -0.182. The van der Waals surface area contributed by atoms with E-state index >= 15 is 0 Å². The molecule has 0 aromatic rings. The molecule has 0 aromatic carbocycles. The van der Waals surface area contributed by atoms with Gasteiger partial charge in [0.2, 0.25) is 0 Å². The standard InChI is InChI=1S/C14H27NO3/c1-2-3-9-17-10-11-18-13(16)12-14(15)7-5-4-6-8-14/h2-12,15H2,1H3. The van der Waals surface area contributed by atoms with Crippen LogP contribution in [-0.4, -0.2) is 31.3 Å².